The van der Waals surface area contributed by atoms with Crippen molar-refractivity contribution in [2.75, 3.05) is 19.6 Å². The normalized spacial score (nSPS) is 10.2. The Labute approximate surface area is 102 Å². The minimum Gasteiger partial charge on any atom is -0.507 e. The highest BCUT2D eigenvalue weighted by Gasteiger charge is 2.09. The summed E-state index contributed by atoms with van der Waals surface area (Å²) in [5, 5.41) is 15.6. The van der Waals surface area contributed by atoms with Gasteiger partial charge in [-0.15, -0.1) is 0 Å². The molecule has 4 heteroatoms. The molecule has 0 saturated carbocycles. The van der Waals surface area contributed by atoms with Crippen molar-refractivity contribution in [2.45, 2.75) is 20.3 Å². The lowest BCUT2D eigenvalue weighted by molar-refractivity contribution is 0.0950. The van der Waals surface area contributed by atoms with Gasteiger partial charge < -0.3 is 15.7 Å². The van der Waals surface area contributed by atoms with Crippen molar-refractivity contribution in [1.82, 2.24) is 10.6 Å². The SMILES string of the molecule is CCNCCCNC(=O)c1ccc(C)cc1O. The fraction of sp³-hybridized carbons (Fsp3) is 0.462. The van der Waals surface area contributed by atoms with Gasteiger partial charge in [-0.1, -0.05) is 13.0 Å². The summed E-state index contributed by atoms with van der Waals surface area (Å²) in [6.45, 7) is 6.35. The third-order valence-corrected chi connectivity index (χ3v) is 2.46. The average molecular weight is 236 g/mol. The van der Waals surface area contributed by atoms with Crippen LogP contribution < -0.4 is 10.6 Å². The summed E-state index contributed by atoms with van der Waals surface area (Å²) in [6.07, 6.45) is 0.881. The molecule has 1 aromatic rings. The maximum Gasteiger partial charge on any atom is 0.255 e. The monoisotopic (exact) mass is 236 g/mol. The molecule has 0 fully saturated rings. The number of phenols is 1. The maximum absolute atomic E-state index is 11.7. The van der Waals surface area contributed by atoms with E-state index in [9.17, 15) is 9.90 Å². The molecule has 0 spiro atoms. The molecule has 0 aromatic heterocycles. The fourth-order valence-electron chi connectivity index (χ4n) is 1.52. The summed E-state index contributed by atoms with van der Waals surface area (Å²) < 4.78 is 0. The van der Waals surface area contributed by atoms with Gasteiger partial charge in [0.15, 0.2) is 0 Å². The quantitative estimate of drug-likeness (QED) is 0.655. The van der Waals surface area contributed by atoms with Crippen LogP contribution in [-0.4, -0.2) is 30.6 Å². The second kappa shape index (κ2) is 6.91. The van der Waals surface area contributed by atoms with E-state index in [1.807, 2.05) is 19.9 Å². The molecule has 0 radical (unpaired) electrons. The molecule has 1 rings (SSSR count). The van der Waals surface area contributed by atoms with Gasteiger partial charge in [-0.2, -0.15) is 0 Å². The standard InChI is InChI=1S/C13H20N2O2/c1-3-14-7-4-8-15-13(17)11-6-5-10(2)9-12(11)16/h5-6,9,14,16H,3-4,7-8H2,1-2H3,(H,15,17). The van der Waals surface area contributed by atoms with Crippen LogP contribution in [0.4, 0.5) is 0 Å². The third-order valence-electron chi connectivity index (χ3n) is 2.46. The molecular weight excluding hydrogens is 216 g/mol. The first-order valence-corrected chi connectivity index (χ1v) is 5.93. The lowest BCUT2D eigenvalue weighted by Gasteiger charge is -2.07. The van der Waals surface area contributed by atoms with Crippen molar-refractivity contribution in [3.63, 3.8) is 0 Å². The van der Waals surface area contributed by atoms with Crippen LogP contribution in [0, 0.1) is 6.92 Å². The van der Waals surface area contributed by atoms with Crippen molar-refractivity contribution < 1.29 is 9.90 Å². The van der Waals surface area contributed by atoms with E-state index in [1.54, 1.807) is 12.1 Å². The Morgan fingerprint density at radius 3 is 2.76 bits per heavy atom. The molecule has 0 saturated heterocycles. The molecule has 1 amide bonds. The number of hydrogen-bond acceptors (Lipinski definition) is 3. The number of nitrogens with one attached hydrogen (secondary N) is 2. The van der Waals surface area contributed by atoms with Crippen LogP contribution >= 0.6 is 0 Å². The van der Waals surface area contributed by atoms with E-state index < -0.39 is 0 Å². The van der Waals surface area contributed by atoms with Gasteiger partial charge in [0.2, 0.25) is 0 Å². The van der Waals surface area contributed by atoms with E-state index in [-0.39, 0.29) is 11.7 Å². The molecule has 1 aromatic carbocycles. The van der Waals surface area contributed by atoms with Crippen molar-refractivity contribution in [3.8, 4) is 5.75 Å². The topological polar surface area (TPSA) is 61.4 Å². The van der Waals surface area contributed by atoms with Crippen molar-refractivity contribution in [2.24, 2.45) is 0 Å². The Balaban J connectivity index is 2.42. The minimum absolute atomic E-state index is 0.0363. The van der Waals surface area contributed by atoms with E-state index in [1.165, 1.54) is 0 Å². The number of carbonyl (C=O) groups is 1. The molecule has 4 nitrogen and oxygen atoms in total. The minimum atomic E-state index is -0.223. The molecule has 0 atom stereocenters. The summed E-state index contributed by atoms with van der Waals surface area (Å²) in [5.74, 6) is -0.187. The fourth-order valence-corrected chi connectivity index (χ4v) is 1.52. The molecule has 3 N–H and O–H groups in total. The van der Waals surface area contributed by atoms with Crippen LogP contribution in [0.3, 0.4) is 0 Å². The summed E-state index contributed by atoms with van der Waals surface area (Å²) >= 11 is 0. The highest BCUT2D eigenvalue weighted by atomic mass is 16.3. The van der Waals surface area contributed by atoms with E-state index in [4.69, 9.17) is 0 Å². The van der Waals surface area contributed by atoms with Gasteiger partial charge in [-0.25, -0.2) is 0 Å². The Hall–Kier alpha value is -1.55. The second-order valence-electron chi connectivity index (χ2n) is 3.98. The van der Waals surface area contributed by atoms with Crippen molar-refractivity contribution in [1.29, 1.82) is 0 Å². The third kappa shape index (κ3) is 4.44. The van der Waals surface area contributed by atoms with Crippen LogP contribution in [0.5, 0.6) is 5.75 Å². The highest BCUT2D eigenvalue weighted by Crippen LogP contribution is 2.17. The Morgan fingerprint density at radius 2 is 2.12 bits per heavy atom. The molecule has 0 unspecified atom stereocenters. The number of carbonyl (C=O) groups excluding carboxylic acids is 1. The van der Waals surface area contributed by atoms with Gasteiger partial charge in [0, 0.05) is 6.54 Å². The van der Waals surface area contributed by atoms with Crippen LogP contribution in [0.2, 0.25) is 0 Å². The second-order valence-corrected chi connectivity index (χ2v) is 3.98. The number of amides is 1. The zero-order valence-corrected chi connectivity index (χ0v) is 10.4. The Morgan fingerprint density at radius 1 is 1.35 bits per heavy atom. The predicted octanol–water partition coefficient (Wildman–Crippen LogP) is 1.43. The number of aromatic hydroxyl groups is 1. The van der Waals surface area contributed by atoms with Gasteiger partial charge in [0.25, 0.3) is 5.91 Å². The first-order chi connectivity index (χ1) is 8.15. The largest absolute Gasteiger partial charge is 0.507 e. The van der Waals surface area contributed by atoms with Gasteiger partial charge in [-0.3, -0.25) is 4.79 Å². The molecule has 0 bridgehead atoms. The summed E-state index contributed by atoms with van der Waals surface area (Å²) in [7, 11) is 0. The lowest BCUT2D eigenvalue weighted by Crippen LogP contribution is -2.27. The van der Waals surface area contributed by atoms with Crippen LogP contribution in [0.15, 0.2) is 18.2 Å². The summed E-state index contributed by atoms with van der Waals surface area (Å²) in [5.41, 5.74) is 1.27. The van der Waals surface area contributed by atoms with Crippen LogP contribution in [0.25, 0.3) is 0 Å². The lowest BCUT2D eigenvalue weighted by atomic mass is 10.1. The Bertz CT molecular complexity index is 378. The first-order valence-electron chi connectivity index (χ1n) is 5.93. The maximum atomic E-state index is 11.7. The summed E-state index contributed by atoms with van der Waals surface area (Å²) in [4.78, 5) is 11.7. The number of hydrogen-bond donors (Lipinski definition) is 3. The zero-order valence-electron chi connectivity index (χ0n) is 10.4. The van der Waals surface area contributed by atoms with Gasteiger partial charge in [-0.05, 0) is 44.1 Å². The smallest absolute Gasteiger partial charge is 0.255 e. The molecule has 0 aliphatic carbocycles. The van der Waals surface area contributed by atoms with E-state index in [2.05, 4.69) is 10.6 Å². The number of benzene rings is 1. The first kappa shape index (κ1) is 13.5. The molecule has 0 aliphatic heterocycles. The molecule has 94 valence electrons. The van der Waals surface area contributed by atoms with Crippen LogP contribution in [0.1, 0.15) is 29.3 Å². The highest BCUT2D eigenvalue weighted by molar-refractivity contribution is 5.96. The Kier molecular flexibility index (Phi) is 5.49. The predicted molar refractivity (Wildman–Crippen MR) is 68.3 cm³/mol. The van der Waals surface area contributed by atoms with Gasteiger partial charge in [0.1, 0.15) is 5.75 Å². The van der Waals surface area contributed by atoms with Crippen LogP contribution in [-0.2, 0) is 0 Å². The molecule has 0 heterocycles. The molecule has 17 heavy (non-hydrogen) atoms. The van der Waals surface area contributed by atoms with E-state index in [0.29, 0.717) is 12.1 Å². The average Bonchev–Trinajstić information content (AvgIpc) is 2.28. The van der Waals surface area contributed by atoms with E-state index in [0.717, 1.165) is 25.1 Å². The molecular formula is C13H20N2O2. The van der Waals surface area contributed by atoms with Crippen molar-refractivity contribution >= 4 is 5.91 Å². The molecule has 0 aliphatic rings. The number of phenolic OH excluding ortho intramolecular Hbond substituents is 1. The summed E-state index contributed by atoms with van der Waals surface area (Å²) in [6, 6.07) is 5.05. The number of aryl methyl sites for hydroxylation is 1. The van der Waals surface area contributed by atoms with Crippen molar-refractivity contribution in [3.05, 3.63) is 29.3 Å². The number of rotatable bonds is 6. The van der Waals surface area contributed by atoms with E-state index >= 15 is 0 Å². The van der Waals surface area contributed by atoms with Gasteiger partial charge in [0.05, 0.1) is 5.56 Å². The van der Waals surface area contributed by atoms with Gasteiger partial charge >= 0.3 is 0 Å². The zero-order chi connectivity index (χ0) is 12.7.